The molecule has 1 saturated carbocycles. The first-order valence-electron chi connectivity index (χ1n) is 9.52. The maximum Gasteiger partial charge on any atom is 0.258 e. The summed E-state index contributed by atoms with van der Waals surface area (Å²) in [6, 6.07) is 12.2. The minimum atomic E-state index is -0.0599. The van der Waals surface area contributed by atoms with Gasteiger partial charge in [0.25, 0.3) is 5.56 Å². The quantitative estimate of drug-likeness (QED) is 0.492. The molecule has 138 valence electrons. The van der Waals surface area contributed by atoms with E-state index in [1.54, 1.807) is 10.8 Å². The lowest BCUT2D eigenvalue weighted by Crippen LogP contribution is -2.40. The Morgan fingerprint density at radius 1 is 1.19 bits per heavy atom. The van der Waals surface area contributed by atoms with Crippen molar-refractivity contribution in [1.82, 2.24) is 9.55 Å². The highest BCUT2D eigenvalue weighted by Crippen LogP contribution is 2.49. The summed E-state index contributed by atoms with van der Waals surface area (Å²) >= 11 is 1.52. The largest absolute Gasteiger partial charge is 0.467 e. The first-order chi connectivity index (χ1) is 13.2. The van der Waals surface area contributed by atoms with E-state index in [1.165, 1.54) is 30.2 Å². The van der Waals surface area contributed by atoms with Crippen LogP contribution < -0.4 is 5.56 Å². The van der Waals surface area contributed by atoms with Crippen molar-refractivity contribution in [3.8, 4) is 11.3 Å². The maximum atomic E-state index is 13.8. The van der Waals surface area contributed by atoms with Crippen molar-refractivity contribution in [3.05, 3.63) is 69.9 Å². The summed E-state index contributed by atoms with van der Waals surface area (Å²) in [6.45, 7) is 0.431. The van der Waals surface area contributed by atoms with Crippen LogP contribution in [-0.4, -0.2) is 15.8 Å². The van der Waals surface area contributed by atoms with Crippen LogP contribution in [0.2, 0.25) is 0 Å². The molecule has 1 aromatic carbocycles. The molecule has 5 rings (SSSR count). The Morgan fingerprint density at radius 2 is 2.00 bits per heavy atom. The summed E-state index contributed by atoms with van der Waals surface area (Å²) in [6.07, 6.45) is 9.10. The van der Waals surface area contributed by atoms with Crippen LogP contribution in [0.15, 0.2) is 57.0 Å². The molecule has 0 unspecified atom stereocenters. The smallest absolute Gasteiger partial charge is 0.258 e. The number of rotatable bonds is 3. The second-order valence-corrected chi connectivity index (χ2v) is 8.39. The van der Waals surface area contributed by atoms with Crippen molar-refractivity contribution >= 4 is 11.8 Å². The number of fused-ring (bicyclic) bond motifs is 4. The van der Waals surface area contributed by atoms with Crippen molar-refractivity contribution in [1.29, 1.82) is 0 Å². The molecule has 1 fully saturated rings. The molecule has 3 aromatic rings. The zero-order valence-electron chi connectivity index (χ0n) is 15.4. The summed E-state index contributed by atoms with van der Waals surface area (Å²) in [5, 5.41) is 0.750. The first-order valence-corrected chi connectivity index (χ1v) is 10.7. The van der Waals surface area contributed by atoms with Gasteiger partial charge in [-0.15, -0.1) is 0 Å². The zero-order valence-corrected chi connectivity index (χ0v) is 16.2. The lowest BCUT2D eigenvalue weighted by atomic mass is 9.68. The van der Waals surface area contributed by atoms with E-state index in [0.717, 1.165) is 47.0 Å². The Hall–Kier alpha value is -2.27. The molecule has 5 heteroatoms. The number of thioether (sulfide) groups is 1. The Labute approximate surface area is 162 Å². The van der Waals surface area contributed by atoms with Gasteiger partial charge < -0.3 is 4.42 Å². The fourth-order valence-corrected chi connectivity index (χ4v) is 5.45. The van der Waals surface area contributed by atoms with Gasteiger partial charge in [0.15, 0.2) is 5.16 Å². The van der Waals surface area contributed by atoms with Crippen molar-refractivity contribution in [3.63, 3.8) is 0 Å². The number of nitrogens with zero attached hydrogens (tertiary/aromatic N) is 2. The zero-order chi connectivity index (χ0) is 18.4. The van der Waals surface area contributed by atoms with Crippen molar-refractivity contribution in [2.75, 3.05) is 6.26 Å². The molecule has 1 spiro atoms. The van der Waals surface area contributed by atoms with Crippen molar-refractivity contribution < 1.29 is 4.42 Å². The molecular weight excluding hydrogens is 356 g/mol. The van der Waals surface area contributed by atoms with Crippen molar-refractivity contribution in [2.45, 2.75) is 49.2 Å². The van der Waals surface area contributed by atoms with Gasteiger partial charge in [0, 0.05) is 11.0 Å². The fourth-order valence-electron chi connectivity index (χ4n) is 4.90. The number of furan rings is 1. The van der Waals surface area contributed by atoms with Crippen LogP contribution in [0, 0.1) is 0 Å². The van der Waals surface area contributed by atoms with Crippen LogP contribution in [-0.2, 0) is 18.4 Å². The molecular formula is C22H22N2O2S. The highest BCUT2D eigenvalue weighted by Gasteiger charge is 2.44. The van der Waals surface area contributed by atoms with Crippen LogP contribution >= 0.6 is 11.8 Å². The van der Waals surface area contributed by atoms with Gasteiger partial charge >= 0.3 is 0 Å². The van der Waals surface area contributed by atoms with Crippen LogP contribution in [0.25, 0.3) is 11.3 Å². The van der Waals surface area contributed by atoms with E-state index in [9.17, 15) is 4.79 Å². The van der Waals surface area contributed by atoms with Crippen LogP contribution in [0.1, 0.15) is 42.6 Å². The summed E-state index contributed by atoms with van der Waals surface area (Å²) in [4.78, 5) is 18.8. The van der Waals surface area contributed by atoms with E-state index in [0.29, 0.717) is 6.54 Å². The highest BCUT2D eigenvalue weighted by molar-refractivity contribution is 7.98. The Bertz CT molecular complexity index is 1050. The van der Waals surface area contributed by atoms with Gasteiger partial charge in [-0.1, -0.05) is 48.9 Å². The molecule has 2 heterocycles. The Kier molecular flexibility index (Phi) is 4.01. The van der Waals surface area contributed by atoms with E-state index in [4.69, 9.17) is 9.40 Å². The lowest BCUT2D eigenvalue weighted by molar-refractivity contribution is 0.412. The second-order valence-electron chi connectivity index (χ2n) is 7.61. The molecule has 2 aliphatic carbocycles. The number of benzene rings is 1. The molecule has 0 radical (unpaired) electrons. The average molecular weight is 378 g/mol. The fraction of sp³-hybridized carbons (Fsp3) is 0.364. The van der Waals surface area contributed by atoms with Gasteiger partial charge in [-0.2, -0.15) is 0 Å². The van der Waals surface area contributed by atoms with Gasteiger partial charge in [-0.25, -0.2) is 4.98 Å². The first kappa shape index (κ1) is 16.9. The lowest BCUT2D eigenvalue weighted by Gasteiger charge is -2.36. The highest BCUT2D eigenvalue weighted by atomic mass is 32.2. The van der Waals surface area contributed by atoms with Crippen LogP contribution in [0.3, 0.4) is 0 Å². The minimum Gasteiger partial charge on any atom is -0.467 e. The van der Waals surface area contributed by atoms with Crippen LogP contribution in [0.5, 0.6) is 0 Å². The predicted octanol–water partition coefficient (Wildman–Crippen LogP) is 4.64. The third-order valence-corrected chi connectivity index (χ3v) is 6.78. The van der Waals surface area contributed by atoms with E-state index in [2.05, 4.69) is 18.2 Å². The molecule has 0 saturated heterocycles. The van der Waals surface area contributed by atoms with Gasteiger partial charge in [-0.3, -0.25) is 9.36 Å². The molecule has 2 aliphatic rings. The van der Waals surface area contributed by atoms with E-state index in [1.807, 2.05) is 24.5 Å². The standard InChI is InChI=1S/C22H22N2O2S/c1-27-21-23-19-17-9-3-2-7-15(17)13-22(10-4-5-11-22)18(19)20(25)24(21)14-16-8-6-12-26-16/h2-3,6-9,12H,4-5,10-11,13-14H2,1H3. The third-order valence-electron chi connectivity index (χ3n) is 6.10. The summed E-state index contributed by atoms with van der Waals surface area (Å²) in [5.74, 6) is 0.783. The molecule has 2 aromatic heterocycles. The van der Waals surface area contributed by atoms with Gasteiger partial charge in [-0.05, 0) is 43.2 Å². The predicted molar refractivity (Wildman–Crippen MR) is 107 cm³/mol. The molecule has 0 aliphatic heterocycles. The number of hydrogen-bond acceptors (Lipinski definition) is 4. The molecule has 0 bridgehead atoms. The monoisotopic (exact) mass is 378 g/mol. The Balaban J connectivity index is 1.78. The molecule has 0 amide bonds. The van der Waals surface area contributed by atoms with E-state index < -0.39 is 0 Å². The van der Waals surface area contributed by atoms with E-state index >= 15 is 0 Å². The van der Waals surface area contributed by atoms with Gasteiger partial charge in [0.05, 0.1) is 24.1 Å². The normalized spacial score (nSPS) is 17.1. The molecule has 0 N–H and O–H groups in total. The summed E-state index contributed by atoms with van der Waals surface area (Å²) < 4.78 is 7.31. The maximum absolute atomic E-state index is 13.8. The third kappa shape index (κ3) is 2.59. The molecule has 0 atom stereocenters. The van der Waals surface area contributed by atoms with E-state index in [-0.39, 0.29) is 11.0 Å². The number of hydrogen-bond donors (Lipinski definition) is 0. The molecule has 27 heavy (non-hydrogen) atoms. The van der Waals surface area contributed by atoms with Crippen molar-refractivity contribution in [2.24, 2.45) is 0 Å². The second kappa shape index (κ2) is 6.41. The Morgan fingerprint density at radius 3 is 2.74 bits per heavy atom. The van der Waals surface area contributed by atoms with Gasteiger partial charge in [0.1, 0.15) is 5.76 Å². The average Bonchev–Trinajstić information content (AvgIpc) is 3.36. The summed E-state index contributed by atoms with van der Waals surface area (Å²) in [7, 11) is 0. The minimum absolute atomic E-state index is 0.0599. The SMILES string of the molecule is CSc1nc2c(c(=O)n1Cc1ccco1)C1(CCCC1)Cc1ccccc1-2. The summed E-state index contributed by atoms with van der Waals surface area (Å²) in [5.41, 5.74) is 4.34. The topological polar surface area (TPSA) is 48.0 Å². The molecule has 4 nitrogen and oxygen atoms in total. The van der Waals surface area contributed by atoms with Gasteiger partial charge in [0.2, 0.25) is 0 Å². The number of aromatic nitrogens is 2. The van der Waals surface area contributed by atoms with Crippen LogP contribution in [0.4, 0.5) is 0 Å².